The number of amides is 2. The Bertz CT molecular complexity index is 335. The molecule has 1 rings (SSSR count). The van der Waals surface area contributed by atoms with Crippen molar-refractivity contribution in [1.82, 2.24) is 10.2 Å². The minimum absolute atomic E-state index is 0.0319. The highest BCUT2D eigenvalue weighted by molar-refractivity contribution is 5.78. The average Bonchev–Trinajstić information content (AvgIpc) is 2.38. The third-order valence-electron chi connectivity index (χ3n) is 3.69. The van der Waals surface area contributed by atoms with Crippen LogP contribution in [-0.4, -0.2) is 54.9 Å². The molecule has 0 aromatic carbocycles. The van der Waals surface area contributed by atoms with Crippen molar-refractivity contribution in [3.63, 3.8) is 0 Å². The highest BCUT2D eigenvalue weighted by atomic mass is 16.5. The van der Waals surface area contributed by atoms with Crippen molar-refractivity contribution in [3.8, 4) is 0 Å². The highest BCUT2D eigenvalue weighted by Gasteiger charge is 2.39. The fourth-order valence-electron chi connectivity index (χ4n) is 2.32. The number of nitrogens with one attached hydrogen (secondary N) is 1. The molecule has 2 unspecified atom stereocenters. The molecular formula is C13H24N2O4. The summed E-state index contributed by atoms with van der Waals surface area (Å²) in [7, 11) is 1.59. The summed E-state index contributed by atoms with van der Waals surface area (Å²) in [5.74, 6) is -0.839. The lowest BCUT2D eigenvalue weighted by molar-refractivity contribution is -0.150. The third kappa shape index (κ3) is 4.09. The largest absolute Gasteiger partial charge is 0.481 e. The Balaban J connectivity index is 2.59. The van der Waals surface area contributed by atoms with Crippen molar-refractivity contribution in [3.05, 3.63) is 0 Å². The number of aliphatic carboxylic acids is 1. The monoisotopic (exact) mass is 272 g/mol. The van der Waals surface area contributed by atoms with Crippen LogP contribution in [0.2, 0.25) is 0 Å². The summed E-state index contributed by atoms with van der Waals surface area (Å²) in [6.07, 6.45) is 2.11. The standard InChI is InChI=1S/C13H24N2O4/c1-4-10(8-19-3)14-12(18)15-7-5-6-13(2,9-15)11(16)17/h10H,4-9H2,1-3H3,(H,14,18)(H,16,17). The molecular weight excluding hydrogens is 248 g/mol. The number of hydrogen-bond acceptors (Lipinski definition) is 3. The molecule has 0 saturated carbocycles. The molecule has 2 N–H and O–H groups in total. The molecule has 1 aliphatic heterocycles. The molecule has 0 radical (unpaired) electrons. The van der Waals surface area contributed by atoms with Crippen molar-refractivity contribution in [2.75, 3.05) is 26.8 Å². The summed E-state index contributed by atoms with van der Waals surface area (Å²) in [5, 5.41) is 12.1. The summed E-state index contributed by atoms with van der Waals surface area (Å²) in [6.45, 7) is 5.00. The van der Waals surface area contributed by atoms with Crippen LogP contribution in [0.4, 0.5) is 4.79 Å². The summed E-state index contributed by atoms with van der Waals surface area (Å²) in [5.41, 5.74) is -0.835. The number of rotatable bonds is 5. The molecule has 2 atom stereocenters. The molecule has 0 aromatic heterocycles. The van der Waals surface area contributed by atoms with Gasteiger partial charge >= 0.3 is 12.0 Å². The first-order chi connectivity index (χ1) is 8.92. The van der Waals surface area contributed by atoms with Crippen LogP contribution in [-0.2, 0) is 9.53 Å². The predicted octanol–water partition coefficient (Wildman–Crippen LogP) is 1.31. The second-order valence-electron chi connectivity index (χ2n) is 5.40. The maximum Gasteiger partial charge on any atom is 0.317 e. The van der Waals surface area contributed by atoms with Gasteiger partial charge in [-0.2, -0.15) is 0 Å². The molecule has 6 heteroatoms. The minimum Gasteiger partial charge on any atom is -0.481 e. The fourth-order valence-corrected chi connectivity index (χ4v) is 2.32. The van der Waals surface area contributed by atoms with Crippen LogP contribution in [0.5, 0.6) is 0 Å². The minimum atomic E-state index is -0.839. The van der Waals surface area contributed by atoms with E-state index in [1.54, 1.807) is 18.9 Å². The number of hydrogen-bond donors (Lipinski definition) is 2. The molecule has 6 nitrogen and oxygen atoms in total. The van der Waals surface area contributed by atoms with Crippen LogP contribution in [0.3, 0.4) is 0 Å². The van der Waals surface area contributed by atoms with Gasteiger partial charge in [-0.25, -0.2) is 4.79 Å². The Morgan fingerprint density at radius 3 is 2.74 bits per heavy atom. The maximum absolute atomic E-state index is 12.1. The molecule has 1 aliphatic rings. The molecule has 1 saturated heterocycles. The second kappa shape index (κ2) is 6.75. The molecule has 1 heterocycles. The quantitative estimate of drug-likeness (QED) is 0.791. The number of carboxylic acids is 1. The van der Waals surface area contributed by atoms with Gasteiger partial charge in [0.05, 0.1) is 18.1 Å². The molecule has 0 bridgehead atoms. The van der Waals surface area contributed by atoms with Crippen molar-refractivity contribution in [1.29, 1.82) is 0 Å². The van der Waals surface area contributed by atoms with Crippen molar-refractivity contribution >= 4 is 12.0 Å². The SMILES string of the molecule is CCC(COC)NC(=O)N1CCCC(C)(C(=O)O)C1. The van der Waals surface area contributed by atoms with Gasteiger partial charge in [-0.1, -0.05) is 6.92 Å². The molecule has 0 aliphatic carbocycles. The van der Waals surface area contributed by atoms with Gasteiger partial charge in [-0.15, -0.1) is 0 Å². The smallest absolute Gasteiger partial charge is 0.317 e. The van der Waals surface area contributed by atoms with Crippen LogP contribution in [0.25, 0.3) is 0 Å². The van der Waals surface area contributed by atoms with Gasteiger partial charge in [-0.3, -0.25) is 4.79 Å². The average molecular weight is 272 g/mol. The van der Waals surface area contributed by atoms with E-state index in [0.29, 0.717) is 19.6 Å². The molecule has 19 heavy (non-hydrogen) atoms. The van der Waals surface area contributed by atoms with E-state index in [4.69, 9.17) is 4.74 Å². The first kappa shape index (κ1) is 15.8. The number of nitrogens with zero attached hydrogens (tertiary/aromatic N) is 1. The Morgan fingerprint density at radius 2 is 2.21 bits per heavy atom. The lowest BCUT2D eigenvalue weighted by Gasteiger charge is -2.38. The Labute approximate surface area is 114 Å². The van der Waals surface area contributed by atoms with Crippen LogP contribution < -0.4 is 5.32 Å². The van der Waals surface area contributed by atoms with Crippen molar-refractivity contribution in [2.24, 2.45) is 5.41 Å². The first-order valence-corrected chi connectivity index (χ1v) is 6.70. The van der Waals surface area contributed by atoms with Crippen LogP contribution in [0.1, 0.15) is 33.1 Å². The van der Waals surface area contributed by atoms with Crippen LogP contribution in [0.15, 0.2) is 0 Å². The van der Waals surface area contributed by atoms with Gasteiger partial charge in [0.25, 0.3) is 0 Å². The molecule has 0 aromatic rings. The van der Waals surface area contributed by atoms with E-state index in [9.17, 15) is 14.7 Å². The van der Waals surface area contributed by atoms with E-state index in [0.717, 1.165) is 12.8 Å². The van der Waals surface area contributed by atoms with Gasteiger partial charge in [0.15, 0.2) is 0 Å². The zero-order valence-electron chi connectivity index (χ0n) is 11.9. The molecule has 0 spiro atoms. The van der Waals surface area contributed by atoms with Gasteiger partial charge < -0.3 is 20.1 Å². The van der Waals surface area contributed by atoms with Gasteiger partial charge in [0.2, 0.25) is 0 Å². The van der Waals surface area contributed by atoms with E-state index in [1.807, 2.05) is 6.92 Å². The topological polar surface area (TPSA) is 78.9 Å². The van der Waals surface area contributed by atoms with Crippen molar-refractivity contribution < 1.29 is 19.4 Å². The summed E-state index contributed by atoms with van der Waals surface area (Å²) >= 11 is 0. The zero-order valence-corrected chi connectivity index (χ0v) is 11.9. The number of methoxy groups -OCH3 is 1. The lowest BCUT2D eigenvalue weighted by Crippen LogP contribution is -2.53. The molecule has 110 valence electrons. The number of carbonyl (C=O) groups excluding carboxylic acids is 1. The lowest BCUT2D eigenvalue weighted by atomic mass is 9.82. The number of carboxylic acid groups (broad SMARTS) is 1. The van der Waals surface area contributed by atoms with Crippen molar-refractivity contribution in [2.45, 2.75) is 39.2 Å². The second-order valence-corrected chi connectivity index (χ2v) is 5.40. The zero-order chi connectivity index (χ0) is 14.5. The van der Waals surface area contributed by atoms with E-state index in [2.05, 4.69) is 5.32 Å². The number of carbonyl (C=O) groups is 2. The highest BCUT2D eigenvalue weighted by Crippen LogP contribution is 2.29. The number of ether oxygens (including phenoxy) is 1. The number of likely N-dealkylation sites (tertiary alicyclic amines) is 1. The summed E-state index contributed by atoms with van der Waals surface area (Å²) in [6, 6.07) is -0.230. The summed E-state index contributed by atoms with van der Waals surface area (Å²) < 4.78 is 5.03. The number of piperidine rings is 1. The van der Waals surface area contributed by atoms with Gasteiger partial charge in [0.1, 0.15) is 0 Å². The Kier molecular flexibility index (Phi) is 5.60. The third-order valence-corrected chi connectivity index (χ3v) is 3.69. The number of urea groups is 1. The van der Waals surface area contributed by atoms with E-state index in [1.165, 1.54) is 0 Å². The maximum atomic E-state index is 12.1. The Hall–Kier alpha value is -1.30. The first-order valence-electron chi connectivity index (χ1n) is 6.70. The summed E-state index contributed by atoms with van der Waals surface area (Å²) in [4.78, 5) is 25.0. The van der Waals surface area contributed by atoms with Gasteiger partial charge in [0, 0.05) is 20.2 Å². The molecule has 2 amide bonds. The normalized spacial score (nSPS) is 24.9. The van der Waals surface area contributed by atoms with E-state index < -0.39 is 11.4 Å². The van der Waals surface area contributed by atoms with Gasteiger partial charge in [-0.05, 0) is 26.2 Å². The van der Waals surface area contributed by atoms with E-state index in [-0.39, 0.29) is 18.6 Å². The van der Waals surface area contributed by atoms with Crippen LogP contribution >= 0.6 is 0 Å². The fraction of sp³-hybridized carbons (Fsp3) is 0.846. The predicted molar refractivity (Wildman–Crippen MR) is 71.0 cm³/mol. The van der Waals surface area contributed by atoms with E-state index >= 15 is 0 Å². The Morgan fingerprint density at radius 1 is 1.53 bits per heavy atom. The van der Waals surface area contributed by atoms with Crippen LogP contribution in [0, 0.1) is 5.41 Å². The molecule has 1 fully saturated rings.